The Hall–Kier alpha value is -3.66. The van der Waals surface area contributed by atoms with Gasteiger partial charge in [-0.2, -0.15) is 0 Å². The second-order valence-electron chi connectivity index (χ2n) is 6.25. The molecule has 0 N–H and O–H groups in total. The van der Waals surface area contributed by atoms with E-state index in [9.17, 15) is 9.59 Å². The molecule has 0 fully saturated rings. The molecule has 0 bridgehead atoms. The first-order valence-corrected chi connectivity index (χ1v) is 9.13. The predicted molar refractivity (Wildman–Crippen MR) is 117 cm³/mol. The lowest BCUT2D eigenvalue weighted by atomic mass is 10.0. The maximum Gasteiger partial charge on any atom is 0.308 e. The van der Waals surface area contributed by atoms with Crippen LogP contribution < -0.4 is 9.47 Å². The monoisotopic (exact) mass is 388 g/mol. The number of esters is 1. The zero-order valence-corrected chi connectivity index (χ0v) is 16.8. The van der Waals surface area contributed by atoms with Gasteiger partial charge in [0.25, 0.3) is 0 Å². The normalized spacial score (nSPS) is 12.4. The fourth-order valence-electron chi connectivity index (χ4n) is 2.50. The molecule has 0 unspecified atom stereocenters. The molecule has 0 aliphatic rings. The molecule has 0 saturated heterocycles. The van der Waals surface area contributed by atoms with Gasteiger partial charge in [0.2, 0.25) is 0 Å². The van der Waals surface area contributed by atoms with E-state index in [0.29, 0.717) is 5.75 Å². The van der Waals surface area contributed by atoms with E-state index in [0.717, 1.165) is 34.3 Å². The van der Waals surface area contributed by atoms with E-state index in [1.165, 1.54) is 13.0 Å². The van der Waals surface area contributed by atoms with E-state index < -0.39 is 0 Å². The summed E-state index contributed by atoms with van der Waals surface area (Å²) in [4.78, 5) is 21.6. The van der Waals surface area contributed by atoms with Gasteiger partial charge in [0, 0.05) is 6.92 Å². The topological polar surface area (TPSA) is 52.6 Å². The van der Waals surface area contributed by atoms with Crippen molar-refractivity contribution in [3.8, 4) is 11.5 Å². The van der Waals surface area contributed by atoms with Crippen LogP contribution in [0.5, 0.6) is 11.5 Å². The highest BCUT2D eigenvalue weighted by Gasteiger charge is 2.00. The Morgan fingerprint density at radius 1 is 0.862 bits per heavy atom. The van der Waals surface area contributed by atoms with Gasteiger partial charge < -0.3 is 9.47 Å². The molecule has 0 amide bonds. The number of carbonyl (C=O) groups excluding carboxylic acids is 2. The number of carbonyl (C=O) groups is 2. The molecule has 0 heterocycles. The van der Waals surface area contributed by atoms with Crippen LogP contribution in [0.25, 0.3) is 11.6 Å². The van der Waals surface area contributed by atoms with Gasteiger partial charge >= 0.3 is 5.97 Å². The Kier molecular flexibility index (Phi) is 8.39. The molecular formula is C25H24O4. The van der Waals surface area contributed by atoms with Gasteiger partial charge in [-0.25, -0.2) is 0 Å². The number of benzene rings is 2. The van der Waals surface area contributed by atoms with Crippen LogP contribution in [0, 0.1) is 0 Å². The standard InChI is InChI=1S/C25H24O4/c1-19(17-18-26)5-4-6-22(23-11-15-24(28-3)16-12-23)10-7-21-8-13-25(14-9-21)29-20(2)27/h4-18H,1-3H3/b5-4+,10-7+,19-17+,22-6-. The Morgan fingerprint density at radius 3 is 2.10 bits per heavy atom. The van der Waals surface area contributed by atoms with Crippen LogP contribution in [0.4, 0.5) is 0 Å². The van der Waals surface area contributed by atoms with Crippen molar-refractivity contribution < 1.29 is 19.1 Å². The molecule has 0 aromatic heterocycles. The van der Waals surface area contributed by atoms with Crippen LogP contribution in [0.3, 0.4) is 0 Å². The molecule has 2 aromatic rings. The van der Waals surface area contributed by atoms with Gasteiger partial charge in [0.1, 0.15) is 17.8 Å². The zero-order valence-electron chi connectivity index (χ0n) is 16.8. The third-order valence-corrected chi connectivity index (χ3v) is 3.99. The first kappa shape index (κ1) is 21.6. The van der Waals surface area contributed by atoms with Crippen LogP contribution in [-0.2, 0) is 9.59 Å². The molecule has 4 nitrogen and oxygen atoms in total. The van der Waals surface area contributed by atoms with Gasteiger partial charge in [-0.1, -0.05) is 54.6 Å². The van der Waals surface area contributed by atoms with E-state index >= 15 is 0 Å². The lowest BCUT2D eigenvalue weighted by Gasteiger charge is -2.05. The number of aldehydes is 1. The van der Waals surface area contributed by atoms with E-state index in [1.807, 2.05) is 73.7 Å². The van der Waals surface area contributed by atoms with E-state index in [1.54, 1.807) is 19.2 Å². The molecule has 0 spiro atoms. The lowest BCUT2D eigenvalue weighted by molar-refractivity contribution is -0.131. The second-order valence-corrected chi connectivity index (χ2v) is 6.25. The summed E-state index contributed by atoms with van der Waals surface area (Å²) >= 11 is 0. The van der Waals surface area contributed by atoms with Gasteiger partial charge in [-0.05, 0) is 59.5 Å². The summed E-state index contributed by atoms with van der Waals surface area (Å²) in [6, 6.07) is 15.1. The third-order valence-electron chi connectivity index (χ3n) is 3.99. The summed E-state index contributed by atoms with van der Waals surface area (Å²) < 4.78 is 10.3. The van der Waals surface area contributed by atoms with Crippen molar-refractivity contribution in [2.45, 2.75) is 13.8 Å². The summed E-state index contributed by atoms with van der Waals surface area (Å²) in [5, 5.41) is 0. The van der Waals surface area contributed by atoms with Crippen LogP contribution in [-0.4, -0.2) is 19.4 Å². The van der Waals surface area contributed by atoms with Crippen molar-refractivity contribution in [3.63, 3.8) is 0 Å². The Balaban J connectivity index is 2.28. The number of hydrogen-bond acceptors (Lipinski definition) is 4. The minimum atomic E-state index is -0.344. The minimum Gasteiger partial charge on any atom is -0.497 e. The minimum absolute atomic E-state index is 0.344. The molecule has 0 aliphatic heterocycles. The van der Waals surface area contributed by atoms with Crippen LogP contribution >= 0.6 is 0 Å². The van der Waals surface area contributed by atoms with Crippen LogP contribution in [0.15, 0.2) is 84.5 Å². The van der Waals surface area contributed by atoms with Gasteiger partial charge in [0.05, 0.1) is 7.11 Å². The zero-order chi connectivity index (χ0) is 21.1. The number of methoxy groups -OCH3 is 1. The number of ether oxygens (including phenoxy) is 2. The number of allylic oxidation sites excluding steroid dienone is 7. The predicted octanol–water partition coefficient (Wildman–Crippen LogP) is 5.42. The smallest absolute Gasteiger partial charge is 0.308 e. The summed E-state index contributed by atoms with van der Waals surface area (Å²) in [6.45, 7) is 3.24. The average Bonchev–Trinajstić information content (AvgIpc) is 2.71. The molecule has 0 radical (unpaired) electrons. The molecular weight excluding hydrogens is 364 g/mol. The second kappa shape index (κ2) is 11.2. The molecule has 4 heteroatoms. The Bertz CT molecular complexity index is 943. The maximum absolute atomic E-state index is 11.0. The summed E-state index contributed by atoms with van der Waals surface area (Å²) in [5.41, 5.74) is 3.86. The molecule has 0 saturated carbocycles. The first-order valence-electron chi connectivity index (χ1n) is 9.13. The summed E-state index contributed by atoms with van der Waals surface area (Å²) in [7, 11) is 1.63. The average molecular weight is 388 g/mol. The fourth-order valence-corrected chi connectivity index (χ4v) is 2.50. The van der Waals surface area contributed by atoms with Crippen molar-refractivity contribution in [1.82, 2.24) is 0 Å². The molecule has 148 valence electrons. The fraction of sp³-hybridized carbons (Fsp3) is 0.120. The van der Waals surface area contributed by atoms with E-state index in [2.05, 4.69) is 0 Å². The SMILES string of the molecule is COc1ccc(C(=C\C=C\C(C)=C\C=O)/C=C/c2ccc(OC(C)=O)cc2)cc1. The summed E-state index contributed by atoms with van der Waals surface area (Å²) in [6.07, 6.45) is 12.0. The number of hydrogen-bond donors (Lipinski definition) is 0. The van der Waals surface area contributed by atoms with Gasteiger partial charge in [0.15, 0.2) is 0 Å². The Labute approximate surface area is 171 Å². The largest absolute Gasteiger partial charge is 0.497 e. The molecule has 2 aromatic carbocycles. The van der Waals surface area contributed by atoms with Crippen molar-refractivity contribution >= 4 is 23.9 Å². The highest BCUT2D eigenvalue weighted by Crippen LogP contribution is 2.22. The highest BCUT2D eigenvalue weighted by atomic mass is 16.5. The van der Waals surface area contributed by atoms with Crippen molar-refractivity contribution in [1.29, 1.82) is 0 Å². The number of rotatable bonds is 8. The van der Waals surface area contributed by atoms with Crippen LogP contribution in [0.2, 0.25) is 0 Å². The van der Waals surface area contributed by atoms with Gasteiger partial charge in [-0.15, -0.1) is 0 Å². The molecule has 29 heavy (non-hydrogen) atoms. The van der Waals surface area contributed by atoms with Crippen LogP contribution in [0.1, 0.15) is 25.0 Å². The quantitative estimate of drug-likeness (QED) is 0.199. The lowest BCUT2D eigenvalue weighted by Crippen LogP contribution is -2.00. The molecule has 0 aliphatic carbocycles. The van der Waals surface area contributed by atoms with E-state index in [-0.39, 0.29) is 5.97 Å². The third kappa shape index (κ3) is 7.46. The Morgan fingerprint density at radius 2 is 1.52 bits per heavy atom. The van der Waals surface area contributed by atoms with E-state index in [4.69, 9.17) is 9.47 Å². The molecule has 0 atom stereocenters. The van der Waals surface area contributed by atoms with Crippen molar-refractivity contribution in [2.75, 3.05) is 7.11 Å². The highest BCUT2D eigenvalue weighted by molar-refractivity contribution is 5.80. The summed E-state index contributed by atoms with van der Waals surface area (Å²) in [5.74, 6) is 0.961. The molecule has 2 rings (SSSR count). The van der Waals surface area contributed by atoms with Crippen molar-refractivity contribution in [3.05, 3.63) is 95.6 Å². The van der Waals surface area contributed by atoms with Gasteiger partial charge in [-0.3, -0.25) is 9.59 Å². The first-order chi connectivity index (χ1) is 14.0. The van der Waals surface area contributed by atoms with Crippen molar-refractivity contribution in [2.24, 2.45) is 0 Å². The maximum atomic E-state index is 11.0.